The lowest BCUT2D eigenvalue weighted by Crippen LogP contribution is -1.81. The molecule has 1 N–H and O–H groups in total. The molecule has 7 aromatic rings. The molecule has 3 nitrogen and oxygen atoms in total. The molecule has 3 heteroatoms. The number of hydrogen-bond acceptors (Lipinski definition) is 3. The highest BCUT2D eigenvalue weighted by molar-refractivity contribution is 6.27. The van der Waals surface area contributed by atoms with Crippen LogP contribution in [0.3, 0.4) is 0 Å². The predicted molar refractivity (Wildman–Crippen MR) is 130 cm³/mol. The van der Waals surface area contributed by atoms with Gasteiger partial charge in [0.2, 0.25) is 0 Å². The maximum atomic E-state index is 10.1. The van der Waals surface area contributed by atoms with Crippen LogP contribution in [0.1, 0.15) is 5.56 Å². The number of aryl methyl sites for hydroxylation is 1. The molecule has 152 valence electrons. The molecule has 0 bridgehead atoms. The van der Waals surface area contributed by atoms with Crippen LogP contribution in [-0.2, 0) is 0 Å². The molecule has 32 heavy (non-hydrogen) atoms. The molecule has 0 saturated heterocycles. The second kappa shape index (κ2) is 6.14. The van der Waals surface area contributed by atoms with E-state index < -0.39 is 0 Å². The van der Waals surface area contributed by atoms with Gasteiger partial charge < -0.3 is 13.9 Å². The molecule has 0 atom stereocenters. The van der Waals surface area contributed by atoms with E-state index in [0.717, 1.165) is 71.3 Å². The minimum atomic E-state index is 0.275. The second-order valence-corrected chi connectivity index (χ2v) is 8.44. The summed E-state index contributed by atoms with van der Waals surface area (Å²) in [5.41, 5.74) is 6.56. The highest BCUT2D eigenvalue weighted by Gasteiger charge is 2.16. The van der Waals surface area contributed by atoms with Crippen LogP contribution in [0.5, 0.6) is 5.75 Å². The minimum Gasteiger partial charge on any atom is -0.508 e. The first-order chi connectivity index (χ1) is 15.7. The quantitative estimate of drug-likeness (QED) is 0.294. The van der Waals surface area contributed by atoms with Gasteiger partial charge in [-0.15, -0.1) is 0 Å². The Morgan fingerprint density at radius 2 is 1.19 bits per heavy atom. The SMILES string of the molecule is Cc1cc(O)cc(-c2ccc3oc4ccc5c(ccc6oc7ccccc7c65)c4c3c2)c1. The molecule has 0 aliphatic rings. The van der Waals surface area contributed by atoms with Gasteiger partial charge in [-0.3, -0.25) is 0 Å². The third kappa shape index (κ3) is 2.36. The van der Waals surface area contributed by atoms with Crippen LogP contribution in [0.15, 0.2) is 93.8 Å². The lowest BCUT2D eigenvalue weighted by molar-refractivity contribution is 0.475. The number of phenols is 1. The van der Waals surface area contributed by atoms with Gasteiger partial charge in [-0.2, -0.15) is 0 Å². The molecule has 2 aromatic heterocycles. The summed E-state index contributed by atoms with van der Waals surface area (Å²) >= 11 is 0. The Hall–Kier alpha value is -4.24. The molecule has 0 saturated carbocycles. The van der Waals surface area contributed by atoms with Gasteiger partial charge in [-0.25, -0.2) is 0 Å². The fourth-order valence-electron chi connectivity index (χ4n) is 5.01. The highest BCUT2D eigenvalue weighted by Crippen LogP contribution is 2.41. The number of rotatable bonds is 1. The van der Waals surface area contributed by atoms with Gasteiger partial charge in [-0.1, -0.05) is 30.3 Å². The number of phenolic OH excluding ortho intramolecular Hbond substituents is 1. The van der Waals surface area contributed by atoms with Crippen molar-refractivity contribution in [2.45, 2.75) is 6.92 Å². The van der Waals surface area contributed by atoms with E-state index in [1.807, 2.05) is 37.3 Å². The molecule has 0 aliphatic carbocycles. The van der Waals surface area contributed by atoms with Gasteiger partial charge in [0, 0.05) is 21.5 Å². The normalized spacial score (nSPS) is 12.0. The number of fused-ring (bicyclic) bond motifs is 9. The molecular formula is C29H18O3. The fourth-order valence-corrected chi connectivity index (χ4v) is 5.01. The average molecular weight is 414 g/mol. The van der Waals surface area contributed by atoms with Crippen molar-refractivity contribution in [1.82, 2.24) is 0 Å². The molecule has 5 aromatic carbocycles. The first-order valence-corrected chi connectivity index (χ1v) is 10.7. The number of aromatic hydroxyl groups is 1. The molecule has 0 aliphatic heterocycles. The molecule has 0 radical (unpaired) electrons. The van der Waals surface area contributed by atoms with E-state index in [2.05, 4.69) is 42.5 Å². The van der Waals surface area contributed by atoms with Crippen molar-refractivity contribution in [3.05, 3.63) is 90.5 Å². The molecular weight excluding hydrogens is 396 g/mol. The Morgan fingerprint density at radius 1 is 0.531 bits per heavy atom. The number of para-hydroxylation sites is 1. The van der Waals surface area contributed by atoms with E-state index in [9.17, 15) is 5.11 Å². The summed E-state index contributed by atoms with van der Waals surface area (Å²) in [5, 5.41) is 16.8. The van der Waals surface area contributed by atoms with E-state index >= 15 is 0 Å². The summed E-state index contributed by atoms with van der Waals surface area (Å²) in [4.78, 5) is 0. The van der Waals surface area contributed by atoms with Crippen molar-refractivity contribution in [2.75, 3.05) is 0 Å². The Kier molecular flexibility index (Phi) is 3.35. The zero-order valence-corrected chi connectivity index (χ0v) is 17.3. The van der Waals surface area contributed by atoms with E-state index in [-0.39, 0.29) is 5.75 Å². The van der Waals surface area contributed by atoms with Crippen molar-refractivity contribution in [1.29, 1.82) is 0 Å². The van der Waals surface area contributed by atoms with Crippen LogP contribution >= 0.6 is 0 Å². The minimum absolute atomic E-state index is 0.275. The van der Waals surface area contributed by atoms with Gasteiger partial charge in [-0.05, 0) is 89.0 Å². The van der Waals surface area contributed by atoms with Gasteiger partial charge in [0.1, 0.15) is 28.1 Å². The smallest absolute Gasteiger partial charge is 0.136 e. The zero-order valence-electron chi connectivity index (χ0n) is 17.3. The standard InChI is InChI=1S/C29H18O3/c1-16-12-18(14-19(30)13-16)17-6-9-25-23(15-17)29-21-8-10-26-28(20(21)7-11-27(29)32-25)22-4-2-3-5-24(22)31-26/h2-15,30H,1H3. The van der Waals surface area contributed by atoms with Crippen molar-refractivity contribution in [2.24, 2.45) is 0 Å². The van der Waals surface area contributed by atoms with Gasteiger partial charge in [0.05, 0.1) is 0 Å². The van der Waals surface area contributed by atoms with Crippen LogP contribution in [-0.4, -0.2) is 5.11 Å². The van der Waals surface area contributed by atoms with Crippen LogP contribution in [0.25, 0.3) is 65.8 Å². The molecule has 7 rings (SSSR count). The summed E-state index contributed by atoms with van der Waals surface area (Å²) in [7, 11) is 0. The highest BCUT2D eigenvalue weighted by atomic mass is 16.3. The Labute approximate surface area is 183 Å². The first-order valence-electron chi connectivity index (χ1n) is 10.7. The first kappa shape index (κ1) is 17.4. The maximum absolute atomic E-state index is 10.1. The predicted octanol–water partition coefficient (Wildman–Crippen LogP) is 8.32. The van der Waals surface area contributed by atoms with Crippen LogP contribution in [0, 0.1) is 6.92 Å². The van der Waals surface area contributed by atoms with E-state index in [4.69, 9.17) is 8.83 Å². The summed E-state index contributed by atoms with van der Waals surface area (Å²) in [6.45, 7) is 1.99. The summed E-state index contributed by atoms with van der Waals surface area (Å²) in [6.07, 6.45) is 0. The molecule has 0 amide bonds. The lowest BCUT2D eigenvalue weighted by Gasteiger charge is -2.05. The monoisotopic (exact) mass is 414 g/mol. The lowest BCUT2D eigenvalue weighted by atomic mass is 9.97. The summed E-state index contributed by atoms with van der Waals surface area (Å²) < 4.78 is 12.3. The van der Waals surface area contributed by atoms with Crippen LogP contribution in [0.2, 0.25) is 0 Å². The topological polar surface area (TPSA) is 46.5 Å². The van der Waals surface area contributed by atoms with Gasteiger partial charge >= 0.3 is 0 Å². The summed E-state index contributed by atoms with van der Waals surface area (Å²) in [5.74, 6) is 0.275. The zero-order chi connectivity index (χ0) is 21.4. The number of benzene rings is 5. The number of furan rings is 2. The largest absolute Gasteiger partial charge is 0.508 e. The summed E-state index contributed by atoms with van der Waals surface area (Å²) in [6, 6.07) is 28.4. The third-order valence-electron chi connectivity index (χ3n) is 6.36. The Morgan fingerprint density at radius 3 is 1.94 bits per heavy atom. The number of hydrogen-bond donors (Lipinski definition) is 1. The fraction of sp³-hybridized carbons (Fsp3) is 0.0345. The van der Waals surface area contributed by atoms with Crippen molar-refractivity contribution in [3.63, 3.8) is 0 Å². The molecule has 0 spiro atoms. The van der Waals surface area contributed by atoms with Crippen molar-refractivity contribution < 1.29 is 13.9 Å². The Balaban J connectivity index is 1.59. The van der Waals surface area contributed by atoms with Gasteiger partial charge in [0.15, 0.2) is 0 Å². The maximum Gasteiger partial charge on any atom is 0.136 e. The van der Waals surface area contributed by atoms with Gasteiger partial charge in [0.25, 0.3) is 0 Å². The van der Waals surface area contributed by atoms with E-state index in [1.54, 1.807) is 12.1 Å². The van der Waals surface area contributed by atoms with Crippen molar-refractivity contribution >= 4 is 54.6 Å². The molecule has 0 unspecified atom stereocenters. The van der Waals surface area contributed by atoms with Crippen LogP contribution in [0.4, 0.5) is 0 Å². The molecule has 0 fully saturated rings. The van der Waals surface area contributed by atoms with E-state index in [0.29, 0.717) is 0 Å². The molecule has 2 heterocycles. The van der Waals surface area contributed by atoms with E-state index in [1.165, 1.54) is 0 Å². The second-order valence-electron chi connectivity index (χ2n) is 8.44. The van der Waals surface area contributed by atoms with Crippen molar-refractivity contribution in [3.8, 4) is 16.9 Å². The Bertz CT molecular complexity index is 1830. The average Bonchev–Trinajstić information content (AvgIpc) is 3.36. The third-order valence-corrected chi connectivity index (χ3v) is 6.36. The van der Waals surface area contributed by atoms with Crippen LogP contribution < -0.4 is 0 Å².